The Kier molecular flexibility index (Phi) is 3.18. The monoisotopic (exact) mass is 272 g/mol. The molecule has 0 bridgehead atoms. The molecule has 2 aromatic rings. The summed E-state index contributed by atoms with van der Waals surface area (Å²) >= 11 is 0. The van der Waals surface area contributed by atoms with Crippen molar-refractivity contribution in [3.63, 3.8) is 0 Å². The first-order valence-electron chi connectivity index (χ1n) is 6.69. The number of hydrogen-bond donors (Lipinski definition) is 1. The van der Waals surface area contributed by atoms with E-state index in [-0.39, 0.29) is 24.1 Å². The Morgan fingerprint density at radius 2 is 2.15 bits per heavy atom. The molecular weight excluding hydrogens is 256 g/mol. The molecule has 5 nitrogen and oxygen atoms in total. The van der Waals surface area contributed by atoms with Gasteiger partial charge in [0.05, 0.1) is 6.61 Å². The first kappa shape index (κ1) is 12.7. The van der Waals surface area contributed by atoms with Crippen LogP contribution in [0, 0.1) is 0 Å². The Bertz CT molecular complexity index is 621. The van der Waals surface area contributed by atoms with Crippen LogP contribution in [0.25, 0.3) is 0 Å². The molecule has 5 heteroatoms. The van der Waals surface area contributed by atoms with Crippen molar-refractivity contribution in [1.82, 2.24) is 4.98 Å². The molecule has 1 aliphatic carbocycles. The zero-order chi connectivity index (χ0) is 14.1. The minimum atomic E-state index is -0.531. The molecule has 1 aromatic carbocycles. The van der Waals surface area contributed by atoms with E-state index in [9.17, 15) is 4.79 Å². The van der Waals surface area contributed by atoms with Crippen molar-refractivity contribution >= 4 is 11.9 Å². The molecule has 2 N–H and O–H groups in total. The summed E-state index contributed by atoms with van der Waals surface area (Å²) in [4.78, 5) is 15.8. The molecule has 0 aliphatic heterocycles. The summed E-state index contributed by atoms with van der Waals surface area (Å²) in [5, 5.41) is 0. The number of oxazole rings is 1. The molecular formula is C15H16N2O3. The minimum absolute atomic E-state index is 0.0390. The van der Waals surface area contributed by atoms with E-state index < -0.39 is 5.97 Å². The van der Waals surface area contributed by atoms with Crippen LogP contribution >= 0.6 is 0 Å². The molecule has 0 saturated heterocycles. The molecule has 104 valence electrons. The van der Waals surface area contributed by atoms with Crippen LogP contribution in [-0.4, -0.2) is 17.6 Å². The smallest absolute Gasteiger partial charge is 0.362 e. The van der Waals surface area contributed by atoms with E-state index in [0.717, 1.165) is 6.42 Å². The van der Waals surface area contributed by atoms with Crippen LogP contribution in [0.3, 0.4) is 0 Å². The average Bonchev–Trinajstić information content (AvgIpc) is 3.16. The van der Waals surface area contributed by atoms with E-state index in [1.165, 1.54) is 5.56 Å². The molecule has 2 unspecified atom stereocenters. The van der Waals surface area contributed by atoms with E-state index in [0.29, 0.717) is 11.8 Å². The van der Waals surface area contributed by atoms with Gasteiger partial charge in [0, 0.05) is 5.92 Å². The number of benzene rings is 1. The van der Waals surface area contributed by atoms with Crippen molar-refractivity contribution in [2.45, 2.75) is 25.2 Å². The summed E-state index contributed by atoms with van der Waals surface area (Å²) in [6, 6.07) is 10.2. The van der Waals surface area contributed by atoms with Crippen LogP contribution in [-0.2, 0) is 4.74 Å². The van der Waals surface area contributed by atoms with Gasteiger partial charge in [0.25, 0.3) is 0 Å². The van der Waals surface area contributed by atoms with Crippen molar-refractivity contribution in [3.05, 3.63) is 47.5 Å². The number of anilines is 1. The van der Waals surface area contributed by atoms with E-state index >= 15 is 0 Å². The molecule has 0 amide bonds. The second-order valence-corrected chi connectivity index (χ2v) is 4.84. The van der Waals surface area contributed by atoms with Crippen LogP contribution in [0.5, 0.6) is 0 Å². The number of carbonyl (C=O) groups is 1. The van der Waals surface area contributed by atoms with Crippen LogP contribution in [0.2, 0.25) is 0 Å². The lowest BCUT2D eigenvalue weighted by molar-refractivity contribution is 0.0521. The fourth-order valence-corrected chi connectivity index (χ4v) is 2.39. The van der Waals surface area contributed by atoms with E-state index in [2.05, 4.69) is 17.1 Å². The predicted octanol–water partition coefficient (Wildman–Crippen LogP) is 2.70. The summed E-state index contributed by atoms with van der Waals surface area (Å²) < 4.78 is 10.3. The number of esters is 1. The maximum Gasteiger partial charge on any atom is 0.362 e. The SMILES string of the molecule is CCOC(=O)c1nc(C2CC2c2ccccc2)oc1N. The maximum atomic E-state index is 11.6. The third-order valence-electron chi connectivity index (χ3n) is 3.47. The fraction of sp³-hybridized carbons (Fsp3) is 0.333. The van der Waals surface area contributed by atoms with Crippen molar-refractivity contribution < 1.29 is 13.9 Å². The molecule has 1 saturated carbocycles. The van der Waals surface area contributed by atoms with Crippen molar-refractivity contribution in [1.29, 1.82) is 0 Å². The van der Waals surface area contributed by atoms with Crippen molar-refractivity contribution in [3.8, 4) is 0 Å². The lowest BCUT2D eigenvalue weighted by atomic mass is 10.1. The molecule has 1 fully saturated rings. The van der Waals surface area contributed by atoms with Crippen LogP contribution < -0.4 is 5.73 Å². The Hall–Kier alpha value is -2.30. The zero-order valence-corrected chi connectivity index (χ0v) is 11.2. The second-order valence-electron chi connectivity index (χ2n) is 4.84. The Morgan fingerprint density at radius 1 is 1.40 bits per heavy atom. The lowest BCUT2D eigenvalue weighted by Gasteiger charge is -1.97. The van der Waals surface area contributed by atoms with Gasteiger partial charge in [0.1, 0.15) is 0 Å². The molecule has 1 heterocycles. The van der Waals surface area contributed by atoms with Crippen LogP contribution in [0.4, 0.5) is 5.88 Å². The molecule has 3 rings (SSSR count). The number of carbonyl (C=O) groups excluding carboxylic acids is 1. The van der Waals surface area contributed by atoms with Gasteiger partial charge < -0.3 is 14.9 Å². The number of nitrogen functional groups attached to an aromatic ring is 1. The number of nitrogens with zero attached hydrogens (tertiary/aromatic N) is 1. The Labute approximate surface area is 116 Å². The van der Waals surface area contributed by atoms with Crippen molar-refractivity contribution in [2.75, 3.05) is 12.3 Å². The molecule has 0 radical (unpaired) electrons. The highest BCUT2D eigenvalue weighted by molar-refractivity contribution is 5.91. The minimum Gasteiger partial charge on any atom is -0.461 e. The van der Waals surface area contributed by atoms with E-state index in [4.69, 9.17) is 14.9 Å². The summed E-state index contributed by atoms with van der Waals surface area (Å²) in [6.07, 6.45) is 0.965. The number of rotatable bonds is 4. The number of nitrogens with two attached hydrogens (primary N) is 1. The standard InChI is InChI=1S/C15H16N2O3/c1-2-19-15(18)12-13(16)20-14(17-12)11-8-10(11)9-6-4-3-5-7-9/h3-7,10-11H,2,8,16H2,1H3. The predicted molar refractivity (Wildman–Crippen MR) is 73.4 cm³/mol. The van der Waals surface area contributed by atoms with Crippen molar-refractivity contribution in [2.24, 2.45) is 0 Å². The van der Waals surface area contributed by atoms with Gasteiger partial charge in [-0.2, -0.15) is 0 Å². The summed E-state index contributed by atoms with van der Waals surface area (Å²) in [5.74, 6) is 0.626. The van der Waals surface area contributed by atoms with Gasteiger partial charge in [-0.3, -0.25) is 0 Å². The molecule has 20 heavy (non-hydrogen) atoms. The third-order valence-corrected chi connectivity index (χ3v) is 3.47. The van der Waals surface area contributed by atoms with Gasteiger partial charge in [-0.1, -0.05) is 30.3 Å². The number of ether oxygens (including phenoxy) is 1. The van der Waals surface area contributed by atoms with Gasteiger partial charge in [-0.15, -0.1) is 0 Å². The number of hydrogen-bond acceptors (Lipinski definition) is 5. The Morgan fingerprint density at radius 3 is 2.85 bits per heavy atom. The number of aromatic nitrogens is 1. The van der Waals surface area contributed by atoms with E-state index in [1.54, 1.807) is 6.92 Å². The van der Waals surface area contributed by atoms with Gasteiger partial charge in [-0.05, 0) is 24.8 Å². The van der Waals surface area contributed by atoms with Gasteiger partial charge in [0.2, 0.25) is 17.5 Å². The topological polar surface area (TPSA) is 78.3 Å². The highest BCUT2D eigenvalue weighted by Crippen LogP contribution is 2.54. The third kappa shape index (κ3) is 2.27. The van der Waals surface area contributed by atoms with E-state index in [1.807, 2.05) is 18.2 Å². The van der Waals surface area contributed by atoms with Gasteiger partial charge in [0.15, 0.2) is 0 Å². The molecule has 2 atom stereocenters. The maximum absolute atomic E-state index is 11.6. The van der Waals surface area contributed by atoms with Crippen LogP contribution in [0.1, 0.15) is 47.1 Å². The molecule has 1 aliphatic rings. The highest BCUT2D eigenvalue weighted by Gasteiger charge is 2.43. The summed E-state index contributed by atoms with van der Waals surface area (Å²) in [7, 11) is 0. The molecule has 1 aromatic heterocycles. The van der Waals surface area contributed by atoms with Crippen LogP contribution in [0.15, 0.2) is 34.7 Å². The summed E-state index contributed by atoms with van der Waals surface area (Å²) in [5.41, 5.74) is 7.03. The first-order chi connectivity index (χ1) is 9.70. The first-order valence-corrected chi connectivity index (χ1v) is 6.69. The quantitative estimate of drug-likeness (QED) is 0.866. The average molecular weight is 272 g/mol. The summed E-state index contributed by atoms with van der Waals surface area (Å²) in [6.45, 7) is 2.03. The molecule has 0 spiro atoms. The van der Waals surface area contributed by atoms with Gasteiger partial charge >= 0.3 is 5.97 Å². The largest absolute Gasteiger partial charge is 0.461 e. The normalized spacial score (nSPS) is 20.6. The zero-order valence-electron chi connectivity index (χ0n) is 11.2. The Balaban J connectivity index is 1.77. The highest BCUT2D eigenvalue weighted by atomic mass is 16.5. The lowest BCUT2D eigenvalue weighted by Crippen LogP contribution is -2.07. The second kappa shape index (κ2) is 5.00. The fourth-order valence-electron chi connectivity index (χ4n) is 2.39. The van der Waals surface area contributed by atoms with Gasteiger partial charge in [-0.25, -0.2) is 9.78 Å².